The Hall–Kier alpha value is -1.71. The molecule has 74 valence electrons. The molecule has 0 fully saturated rings. The molecule has 2 rings (SSSR count). The van der Waals surface area contributed by atoms with Gasteiger partial charge in [0, 0.05) is 18.2 Å². The maximum absolute atomic E-state index is 11.0. The highest BCUT2D eigenvalue weighted by Gasteiger charge is 2.26. The largest absolute Gasteiger partial charge is 0.508 e. The second kappa shape index (κ2) is 2.90. The maximum Gasteiger partial charge on any atom is 0.240 e. The summed E-state index contributed by atoms with van der Waals surface area (Å²) in [5, 5.41) is 12.3. The van der Waals surface area contributed by atoms with Crippen molar-refractivity contribution in [3.8, 4) is 5.75 Å². The molecule has 0 bridgehead atoms. The molecule has 1 atom stereocenters. The van der Waals surface area contributed by atoms with Crippen LogP contribution in [0, 0.1) is 6.92 Å². The highest BCUT2D eigenvalue weighted by atomic mass is 16.3. The second-order valence-electron chi connectivity index (χ2n) is 3.59. The number of anilines is 1. The smallest absolute Gasteiger partial charge is 0.240 e. The fraction of sp³-hybridized carbons (Fsp3) is 0.300. The predicted molar refractivity (Wildman–Crippen MR) is 53.2 cm³/mol. The fourth-order valence-electron chi connectivity index (χ4n) is 1.81. The van der Waals surface area contributed by atoms with Crippen molar-refractivity contribution in [3.05, 3.63) is 23.3 Å². The number of phenols is 1. The molecule has 4 N–H and O–H groups in total. The maximum atomic E-state index is 11.0. The molecule has 1 aliphatic heterocycles. The lowest BCUT2D eigenvalue weighted by molar-refractivity contribution is -0.118. The van der Waals surface area contributed by atoms with Crippen LogP contribution in [0.25, 0.3) is 0 Å². The molecule has 14 heavy (non-hydrogen) atoms. The zero-order valence-corrected chi connectivity index (χ0v) is 7.87. The first-order valence-corrected chi connectivity index (χ1v) is 4.46. The van der Waals surface area contributed by atoms with Crippen molar-refractivity contribution in [2.45, 2.75) is 19.4 Å². The van der Waals surface area contributed by atoms with Crippen molar-refractivity contribution in [1.29, 1.82) is 0 Å². The van der Waals surface area contributed by atoms with Gasteiger partial charge in [0.15, 0.2) is 0 Å². The van der Waals surface area contributed by atoms with Gasteiger partial charge in [0.05, 0.1) is 0 Å². The van der Waals surface area contributed by atoms with Crippen LogP contribution in [-0.4, -0.2) is 17.1 Å². The average molecular weight is 192 g/mol. The van der Waals surface area contributed by atoms with Crippen LogP contribution in [0.2, 0.25) is 0 Å². The number of benzene rings is 1. The van der Waals surface area contributed by atoms with E-state index in [1.54, 1.807) is 12.1 Å². The average Bonchev–Trinajstić information content (AvgIpc) is 2.47. The number of hydrogen-bond donors (Lipinski definition) is 3. The van der Waals surface area contributed by atoms with Gasteiger partial charge < -0.3 is 16.2 Å². The van der Waals surface area contributed by atoms with Crippen molar-refractivity contribution >= 4 is 11.6 Å². The Morgan fingerprint density at radius 1 is 1.64 bits per heavy atom. The van der Waals surface area contributed by atoms with Crippen LogP contribution < -0.4 is 11.1 Å². The van der Waals surface area contributed by atoms with Gasteiger partial charge in [0.2, 0.25) is 5.91 Å². The van der Waals surface area contributed by atoms with Gasteiger partial charge >= 0.3 is 0 Å². The van der Waals surface area contributed by atoms with Gasteiger partial charge in [-0.2, -0.15) is 0 Å². The summed E-state index contributed by atoms with van der Waals surface area (Å²) in [4.78, 5) is 11.0. The number of hydrogen-bond acceptors (Lipinski definition) is 3. The van der Waals surface area contributed by atoms with E-state index in [0.29, 0.717) is 6.42 Å². The molecule has 1 heterocycles. The fourth-order valence-corrected chi connectivity index (χ4v) is 1.81. The SMILES string of the molecule is Cc1cc(O)cc2c1C[C@@H](C(N)=O)N2. The third-order valence-corrected chi connectivity index (χ3v) is 2.54. The number of phenolic OH excluding ortho intramolecular Hbond substituents is 1. The van der Waals surface area contributed by atoms with Crippen LogP contribution in [0.1, 0.15) is 11.1 Å². The first kappa shape index (κ1) is 8.87. The summed E-state index contributed by atoms with van der Waals surface area (Å²) < 4.78 is 0. The van der Waals surface area contributed by atoms with Gasteiger partial charge in [-0.3, -0.25) is 4.79 Å². The van der Waals surface area contributed by atoms with Crippen LogP contribution in [0.15, 0.2) is 12.1 Å². The van der Waals surface area contributed by atoms with Crippen molar-refractivity contribution in [1.82, 2.24) is 0 Å². The molecule has 1 aromatic rings. The number of primary amides is 1. The Balaban J connectivity index is 2.39. The number of aryl methyl sites for hydroxylation is 1. The minimum absolute atomic E-state index is 0.207. The molecular formula is C10H12N2O2. The highest BCUT2D eigenvalue weighted by molar-refractivity contribution is 5.86. The van der Waals surface area contributed by atoms with Crippen LogP contribution in [0.5, 0.6) is 5.75 Å². The molecule has 1 amide bonds. The summed E-state index contributed by atoms with van der Waals surface area (Å²) in [5.41, 5.74) is 8.06. The zero-order chi connectivity index (χ0) is 10.3. The van der Waals surface area contributed by atoms with E-state index in [1.807, 2.05) is 6.92 Å². The minimum atomic E-state index is -0.361. The number of nitrogens with two attached hydrogens (primary N) is 1. The van der Waals surface area contributed by atoms with E-state index in [9.17, 15) is 9.90 Å². The number of fused-ring (bicyclic) bond motifs is 1. The summed E-state index contributed by atoms with van der Waals surface area (Å²) in [5.74, 6) is -0.154. The molecule has 0 saturated heterocycles. The van der Waals surface area contributed by atoms with Crippen molar-refractivity contribution in [2.75, 3.05) is 5.32 Å². The lowest BCUT2D eigenvalue weighted by atomic mass is 10.0. The lowest BCUT2D eigenvalue weighted by Gasteiger charge is -2.05. The Bertz CT molecular complexity index is 401. The van der Waals surface area contributed by atoms with E-state index in [2.05, 4.69) is 5.32 Å². The summed E-state index contributed by atoms with van der Waals surface area (Å²) in [6.45, 7) is 1.91. The predicted octanol–water partition coefficient (Wildman–Crippen LogP) is 0.523. The monoisotopic (exact) mass is 192 g/mol. The molecular weight excluding hydrogens is 180 g/mol. The molecule has 1 aliphatic rings. The van der Waals surface area contributed by atoms with E-state index in [1.165, 1.54) is 0 Å². The highest BCUT2D eigenvalue weighted by Crippen LogP contribution is 2.32. The van der Waals surface area contributed by atoms with Gasteiger partial charge in [0.25, 0.3) is 0 Å². The van der Waals surface area contributed by atoms with Crippen LogP contribution in [0.3, 0.4) is 0 Å². The molecule has 0 radical (unpaired) electrons. The van der Waals surface area contributed by atoms with Crippen molar-refractivity contribution in [3.63, 3.8) is 0 Å². The summed E-state index contributed by atoms with van der Waals surface area (Å²) in [6.07, 6.45) is 0.608. The van der Waals surface area contributed by atoms with Crippen LogP contribution >= 0.6 is 0 Å². The molecule has 0 aliphatic carbocycles. The Kier molecular flexibility index (Phi) is 1.84. The third kappa shape index (κ3) is 1.28. The first-order chi connectivity index (χ1) is 6.58. The van der Waals surface area contributed by atoms with Gasteiger partial charge in [-0.1, -0.05) is 0 Å². The standard InChI is InChI=1S/C10H12N2O2/c1-5-2-6(13)3-8-7(5)4-9(12-8)10(11)14/h2-3,9,12-13H,4H2,1H3,(H2,11,14)/t9-/m0/s1. The van der Waals surface area contributed by atoms with Crippen LogP contribution in [-0.2, 0) is 11.2 Å². The minimum Gasteiger partial charge on any atom is -0.508 e. The molecule has 1 aromatic carbocycles. The topological polar surface area (TPSA) is 75.3 Å². The number of aromatic hydroxyl groups is 1. The van der Waals surface area contributed by atoms with Crippen molar-refractivity contribution in [2.24, 2.45) is 5.73 Å². The summed E-state index contributed by atoms with van der Waals surface area (Å²) in [7, 11) is 0. The molecule has 4 nitrogen and oxygen atoms in total. The molecule has 0 spiro atoms. The number of carbonyl (C=O) groups excluding carboxylic acids is 1. The van der Waals surface area contributed by atoms with Gasteiger partial charge in [-0.05, 0) is 24.1 Å². The van der Waals surface area contributed by atoms with E-state index in [4.69, 9.17) is 5.73 Å². The number of nitrogens with one attached hydrogen (secondary N) is 1. The third-order valence-electron chi connectivity index (χ3n) is 2.54. The van der Waals surface area contributed by atoms with Gasteiger partial charge in [-0.25, -0.2) is 0 Å². The van der Waals surface area contributed by atoms with E-state index in [0.717, 1.165) is 16.8 Å². The molecule has 4 heteroatoms. The lowest BCUT2D eigenvalue weighted by Crippen LogP contribution is -2.33. The zero-order valence-electron chi connectivity index (χ0n) is 7.87. The molecule has 0 saturated carbocycles. The summed E-state index contributed by atoms with van der Waals surface area (Å²) in [6, 6.07) is 2.96. The Morgan fingerprint density at radius 2 is 2.36 bits per heavy atom. The number of carbonyl (C=O) groups is 1. The quantitative estimate of drug-likeness (QED) is 0.607. The second-order valence-corrected chi connectivity index (χ2v) is 3.59. The van der Waals surface area contributed by atoms with Gasteiger partial charge in [0.1, 0.15) is 11.8 Å². The summed E-state index contributed by atoms with van der Waals surface area (Å²) >= 11 is 0. The van der Waals surface area contributed by atoms with Crippen LogP contribution in [0.4, 0.5) is 5.69 Å². The first-order valence-electron chi connectivity index (χ1n) is 4.46. The van der Waals surface area contributed by atoms with Crippen molar-refractivity contribution < 1.29 is 9.90 Å². The van der Waals surface area contributed by atoms with E-state index in [-0.39, 0.29) is 17.7 Å². The number of rotatable bonds is 1. The van der Waals surface area contributed by atoms with E-state index >= 15 is 0 Å². The van der Waals surface area contributed by atoms with E-state index < -0.39 is 0 Å². The Morgan fingerprint density at radius 3 is 3.00 bits per heavy atom. The molecule has 0 unspecified atom stereocenters. The normalized spacial score (nSPS) is 18.8. The Labute approximate surface area is 81.7 Å². The van der Waals surface area contributed by atoms with Gasteiger partial charge in [-0.15, -0.1) is 0 Å². The number of amides is 1. The molecule has 0 aromatic heterocycles.